The van der Waals surface area contributed by atoms with Crippen LogP contribution in [-0.2, 0) is 11.3 Å². The molecule has 0 saturated heterocycles. The quantitative estimate of drug-likeness (QED) is 0.775. The molecule has 110 valence electrons. The van der Waals surface area contributed by atoms with E-state index >= 15 is 0 Å². The van der Waals surface area contributed by atoms with Crippen molar-refractivity contribution in [3.05, 3.63) is 29.8 Å². The molecule has 4 heteroatoms. The van der Waals surface area contributed by atoms with E-state index in [1.807, 2.05) is 36.2 Å². The molecule has 1 fully saturated rings. The van der Waals surface area contributed by atoms with Gasteiger partial charge in [-0.2, -0.15) is 0 Å². The number of carbonyl (C=O) groups is 1. The zero-order chi connectivity index (χ0) is 14.5. The largest absolute Gasteiger partial charge is 0.399 e. The number of nitrogens with zero attached hydrogens (tertiary/aromatic N) is 2. The van der Waals surface area contributed by atoms with Crippen molar-refractivity contribution in [1.29, 1.82) is 0 Å². The van der Waals surface area contributed by atoms with Crippen molar-refractivity contribution >= 4 is 11.6 Å². The molecule has 0 bridgehead atoms. The van der Waals surface area contributed by atoms with Gasteiger partial charge < -0.3 is 10.6 Å². The lowest BCUT2D eigenvalue weighted by Crippen LogP contribution is -2.39. The first-order valence-electron chi connectivity index (χ1n) is 7.42. The standard InChI is InChI=1S/C16H25N3O/c1-3-10-19(11-13-4-6-14(17)7-5-13)12-16(20)18(2)15-8-9-15/h4-7,15H,3,8-12,17H2,1-2H3. The van der Waals surface area contributed by atoms with Crippen LogP contribution in [0.25, 0.3) is 0 Å². The van der Waals surface area contributed by atoms with E-state index in [4.69, 9.17) is 5.73 Å². The van der Waals surface area contributed by atoms with Gasteiger partial charge in [-0.15, -0.1) is 0 Å². The van der Waals surface area contributed by atoms with Gasteiger partial charge in [0.25, 0.3) is 0 Å². The first-order chi connectivity index (χ1) is 9.60. The van der Waals surface area contributed by atoms with E-state index in [1.165, 1.54) is 5.56 Å². The van der Waals surface area contributed by atoms with Crippen LogP contribution in [0.1, 0.15) is 31.7 Å². The highest BCUT2D eigenvalue weighted by molar-refractivity contribution is 5.78. The van der Waals surface area contributed by atoms with Gasteiger partial charge in [-0.25, -0.2) is 0 Å². The van der Waals surface area contributed by atoms with Crippen LogP contribution in [0.15, 0.2) is 24.3 Å². The van der Waals surface area contributed by atoms with Gasteiger partial charge >= 0.3 is 0 Å². The summed E-state index contributed by atoms with van der Waals surface area (Å²) in [4.78, 5) is 16.3. The summed E-state index contributed by atoms with van der Waals surface area (Å²) in [6.45, 7) is 4.39. The van der Waals surface area contributed by atoms with Crippen LogP contribution in [0.4, 0.5) is 5.69 Å². The van der Waals surface area contributed by atoms with Crippen molar-refractivity contribution < 1.29 is 4.79 Å². The van der Waals surface area contributed by atoms with E-state index in [0.29, 0.717) is 12.6 Å². The van der Waals surface area contributed by atoms with E-state index < -0.39 is 0 Å². The predicted molar refractivity (Wildman–Crippen MR) is 82.2 cm³/mol. The number of hydrogen-bond donors (Lipinski definition) is 1. The third-order valence-electron chi connectivity index (χ3n) is 3.77. The minimum atomic E-state index is 0.233. The number of nitrogens with two attached hydrogens (primary N) is 1. The summed E-state index contributed by atoms with van der Waals surface area (Å²) in [7, 11) is 1.92. The maximum absolute atomic E-state index is 12.2. The highest BCUT2D eigenvalue weighted by atomic mass is 16.2. The van der Waals surface area contributed by atoms with Gasteiger partial charge in [-0.3, -0.25) is 9.69 Å². The Hall–Kier alpha value is -1.55. The van der Waals surface area contributed by atoms with Crippen molar-refractivity contribution in [3.8, 4) is 0 Å². The fourth-order valence-electron chi connectivity index (χ4n) is 2.38. The molecular formula is C16H25N3O. The zero-order valence-electron chi connectivity index (χ0n) is 12.5. The van der Waals surface area contributed by atoms with E-state index in [9.17, 15) is 4.79 Å². The molecule has 0 heterocycles. The molecule has 1 aliphatic rings. The molecule has 1 saturated carbocycles. The summed E-state index contributed by atoms with van der Waals surface area (Å²) < 4.78 is 0. The van der Waals surface area contributed by atoms with Crippen LogP contribution in [-0.4, -0.2) is 41.9 Å². The Morgan fingerprint density at radius 1 is 1.30 bits per heavy atom. The molecule has 0 unspecified atom stereocenters. The SMILES string of the molecule is CCCN(CC(=O)N(C)C1CC1)Cc1ccc(N)cc1. The first-order valence-corrected chi connectivity index (χ1v) is 7.42. The third kappa shape index (κ3) is 4.23. The number of likely N-dealkylation sites (N-methyl/N-ethyl adjacent to an activating group) is 1. The highest BCUT2D eigenvalue weighted by Crippen LogP contribution is 2.25. The molecule has 1 aliphatic carbocycles. The highest BCUT2D eigenvalue weighted by Gasteiger charge is 2.29. The molecule has 2 N–H and O–H groups in total. The number of carbonyl (C=O) groups excluding carboxylic acids is 1. The maximum atomic E-state index is 12.2. The topological polar surface area (TPSA) is 49.6 Å². The van der Waals surface area contributed by atoms with Gasteiger partial charge in [0, 0.05) is 25.3 Å². The Kier molecular flexibility index (Phi) is 5.01. The normalized spacial score (nSPS) is 14.6. The molecule has 4 nitrogen and oxygen atoms in total. The number of amides is 1. The van der Waals surface area contributed by atoms with Crippen LogP contribution in [0.5, 0.6) is 0 Å². The Morgan fingerprint density at radius 2 is 1.95 bits per heavy atom. The second-order valence-electron chi connectivity index (χ2n) is 5.69. The molecule has 0 atom stereocenters. The minimum Gasteiger partial charge on any atom is -0.399 e. The Morgan fingerprint density at radius 3 is 2.50 bits per heavy atom. The molecule has 0 aliphatic heterocycles. The predicted octanol–water partition coefficient (Wildman–Crippen LogP) is 2.10. The smallest absolute Gasteiger partial charge is 0.236 e. The van der Waals surface area contributed by atoms with Crippen molar-refractivity contribution in [3.63, 3.8) is 0 Å². The fraction of sp³-hybridized carbons (Fsp3) is 0.562. The van der Waals surface area contributed by atoms with Crippen molar-refractivity contribution in [1.82, 2.24) is 9.80 Å². The minimum absolute atomic E-state index is 0.233. The van der Waals surface area contributed by atoms with Gasteiger partial charge in [0.15, 0.2) is 0 Å². The van der Waals surface area contributed by atoms with Crippen LogP contribution < -0.4 is 5.73 Å². The van der Waals surface area contributed by atoms with E-state index in [0.717, 1.165) is 38.0 Å². The Bertz CT molecular complexity index is 440. The summed E-state index contributed by atoms with van der Waals surface area (Å²) >= 11 is 0. The molecule has 20 heavy (non-hydrogen) atoms. The molecule has 0 radical (unpaired) electrons. The first kappa shape index (κ1) is 14.9. The number of rotatable bonds is 7. The number of nitrogen functional groups attached to an aromatic ring is 1. The van der Waals surface area contributed by atoms with Crippen molar-refractivity contribution in [2.24, 2.45) is 0 Å². The maximum Gasteiger partial charge on any atom is 0.236 e. The second-order valence-corrected chi connectivity index (χ2v) is 5.69. The average Bonchev–Trinajstić information content (AvgIpc) is 3.25. The summed E-state index contributed by atoms with van der Waals surface area (Å²) in [6, 6.07) is 8.39. The van der Waals surface area contributed by atoms with Crippen molar-refractivity contribution in [2.75, 3.05) is 25.9 Å². The fourth-order valence-corrected chi connectivity index (χ4v) is 2.38. The lowest BCUT2D eigenvalue weighted by atomic mass is 10.2. The van der Waals surface area contributed by atoms with Crippen LogP contribution in [0.2, 0.25) is 0 Å². The molecule has 1 aromatic rings. The lowest BCUT2D eigenvalue weighted by molar-refractivity contribution is -0.131. The number of hydrogen-bond acceptors (Lipinski definition) is 3. The van der Waals surface area contributed by atoms with Crippen LogP contribution in [0.3, 0.4) is 0 Å². The van der Waals surface area contributed by atoms with Gasteiger partial charge in [0.1, 0.15) is 0 Å². The summed E-state index contributed by atoms with van der Waals surface area (Å²) in [6.07, 6.45) is 3.37. The molecule has 1 aromatic carbocycles. The summed E-state index contributed by atoms with van der Waals surface area (Å²) in [5, 5.41) is 0. The molecule has 1 amide bonds. The van der Waals surface area contributed by atoms with Gasteiger partial charge in [-0.05, 0) is 43.5 Å². The number of anilines is 1. The van der Waals surface area contributed by atoms with E-state index in [2.05, 4.69) is 11.8 Å². The molecular weight excluding hydrogens is 250 g/mol. The van der Waals surface area contributed by atoms with E-state index in [1.54, 1.807) is 0 Å². The average molecular weight is 275 g/mol. The van der Waals surface area contributed by atoms with Gasteiger partial charge in [-0.1, -0.05) is 19.1 Å². The zero-order valence-corrected chi connectivity index (χ0v) is 12.5. The summed E-state index contributed by atoms with van der Waals surface area (Å²) in [5.41, 5.74) is 7.68. The van der Waals surface area contributed by atoms with Crippen LogP contribution >= 0.6 is 0 Å². The number of benzene rings is 1. The Labute approximate surface area is 121 Å². The molecule has 0 aromatic heterocycles. The van der Waals surface area contributed by atoms with E-state index in [-0.39, 0.29) is 5.91 Å². The Balaban J connectivity index is 1.91. The van der Waals surface area contributed by atoms with Crippen LogP contribution in [0, 0.1) is 0 Å². The third-order valence-corrected chi connectivity index (χ3v) is 3.77. The monoisotopic (exact) mass is 275 g/mol. The lowest BCUT2D eigenvalue weighted by Gasteiger charge is -2.24. The molecule has 0 spiro atoms. The van der Waals surface area contributed by atoms with Gasteiger partial charge in [0.2, 0.25) is 5.91 Å². The van der Waals surface area contributed by atoms with Gasteiger partial charge in [0.05, 0.1) is 6.54 Å². The van der Waals surface area contributed by atoms with Crippen molar-refractivity contribution in [2.45, 2.75) is 38.8 Å². The molecule has 2 rings (SSSR count). The second kappa shape index (κ2) is 6.75. The summed E-state index contributed by atoms with van der Waals surface area (Å²) in [5.74, 6) is 0.233.